The summed E-state index contributed by atoms with van der Waals surface area (Å²) in [6.07, 6.45) is 0.654. The molecule has 21 heavy (non-hydrogen) atoms. The number of nitrogens with two attached hydrogens (primary N) is 1. The quantitative estimate of drug-likeness (QED) is 0.710. The van der Waals surface area contributed by atoms with Gasteiger partial charge >= 0.3 is 6.03 Å². The summed E-state index contributed by atoms with van der Waals surface area (Å²) in [6.45, 7) is 4.06. The molecule has 2 aliphatic heterocycles. The second kappa shape index (κ2) is 5.36. The maximum absolute atomic E-state index is 12.6. The summed E-state index contributed by atoms with van der Waals surface area (Å²) in [5, 5.41) is 7.10. The van der Waals surface area contributed by atoms with E-state index in [9.17, 15) is 9.59 Å². The molecule has 0 aliphatic carbocycles. The Labute approximate surface area is 122 Å². The third kappa shape index (κ3) is 2.58. The first kappa shape index (κ1) is 13.9. The number of aromatic amines is 1. The van der Waals surface area contributed by atoms with Crippen molar-refractivity contribution in [2.45, 2.75) is 13.0 Å². The minimum atomic E-state index is -0.458. The summed E-state index contributed by atoms with van der Waals surface area (Å²) >= 11 is 0. The SMILES string of the molecule is CN1CCN(C(=O)c2n[nH]c3c2CN(C(N)=O)CC3)CC1. The number of piperazine rings is 1. The highest BCUT2D eigenvalue weighted by Gasteiger charge is 2.30. The maximum atomic E-state index is 12.6. The fourth-order valence-corrected chi connectivity index (χ4v) is 2.82. The average Bonchev–Trinajstić information content (AvgIpc) is 2.90. The number of hydrogen-bond donors (Lipinski definition) is 2. The third-order valence-corrected chi connectivity index (χ3v) is 4.24. The molecule has 0 spiro atoms. The first-order chi connectivity index (χ1) is 10.1. The largest absolute Gasteiger partial charge is 0.351 e. The van der Waals surface area contributed by atoms with Gasteiger partial charge < -0.3 is 20.4 Å². The standard InChI is InChI=1S/C13H20N6O2/c1-17-4-6-18(7-5-17)12(20)11-9-8-19(13(14)21)3-2-10(9)15-16-11/h2-8H2,1H3,(H2,14,21)(H,15,16). The third-order valence-electron chi connectivity index (χ3n) is 4.24. The molecule has 114 valence electrons. The van der Waals surface area contributed by atoms with Crippen molar-refractivity contribution < 1.29 is 9.59 Å². The fourth-order valence-electron chi connectivity index (χ4n) is 2.82. The van der Waals surface area contributed by atoms with E-state index in [1.54, 1.807) is 4.90 Å². The number of aromatic nitrogens is 2. The van der Waals surface area contributed by atoms with E-state index in [-0.39, 0.29) is 5.91 Å². The van der Waals surface area contributed by atoms with Gasteiger partial charge in [0.15, 0.2) is 5.69 Å². The molecule has 1 fully saturated rings. The monoisotopic (exact) mass is 292 g/mol. The molecule has 1 saturated heterocycles. The molecule has 8 nitrogen and oxygen atoms in total. The number of primary amides is 1. The number of nitrogens with one attached hydrogen (secondary N) is 1. The predicted octanol–water partition coefficient (Wildman–Crippen LogP) is -0.766. The molecule has 0 saturated carbocycles. The van der Waals surface area contributed by atoms with Crippen LogP contribution < -0.4 is 5.73 Å². The Morgan fingerprint density at radius 1 is 1.14 bits per heavy atom. The smallest absolute Gasteiger partial charge is 0.315 e. The molecule has 3 amide bonds. The molecule has 1 aromatic rings. The molecular weight excluding hydrogens is 272 g/mol. The molecule has 0 atom stereocenters. The Bertz CT molecular complexity index is 561. The minimum absolute atomic E-state index is 0.0630. The number of fused-ring (bicyclic) bond motifs is 1. The lowest BCUT2D eigenvalue weighted by molar-refractivity contribution is 0.0656. The number of rotatable bonds is 1. The summed E-state index contributed by atoms with van der Waals surface area (Å²) in [7, 11) is 2.04. The lowest BCUT2D eigenvalue weighted by Gasteiger charge is -2.32. The van der Waals surface area contributed by atoms with Crippen LogP contribution in [-0.4, -0.2) is 76.6 Å². The Kier molecular flexibility index (Phi) is 3.54. The molecule has 8 heteroatoms. The van der Waals surface area contributed by atoms with Gasteiger partial charge in [0.05, 0.1) is 6.54 Å². The van der Waals surface area contributed by atoms with Gasteiger partial charge in [-0.2, -0.15) is 5.10 Å². The highest BCUT2D eigenvalue weighted by molar-refractivity contribution is 5.94. The van der Waals surface area contributed by atoms with Crippen molar-refractivity contribution in [2.24, 2.45) is 5.73 Å². The molecule has 2 aliphatic rings. The van der Waals surface area contributed by atoms with Gasteiger partial charge in [-0.3, -0.25) is 9.89 Å². The van der Waals surface area contributed by atoms with E-state index in [1.807, 2.05) is 11.9 Å². The summed E-state index contributed by atoms with van der Waals surface area (Å²) in [5.74, 6) is -0.0630. The fraction of sp³-hybridized carbons (Fsp3) is 0.615. The lowest BCUT2D eigenvalue weighted by Crippen LogP contribution is -2.47. The highest BCUT2D eigenvalue weighted by atomic mass is 16.2. The van der Waals surface area contributed by atoms with Crippen LogP contribution >= 0.6 is 0 Å². The van der Waals surface area contributed by atoms with Gasteiger partial charge in [-0.25, -0.2) is 4.79 Å². The number of nitrogens with zero attached hydrogens (tertiary/aromatic N) is 4. The molecule has 0 radical (unpaired) electrons. The zero-order valence-electron chi connectivity index (χ0n) is 12.1. The van der Waals surface area contributed by atoms with Crippen LogP contribution in [0, 0.1) is 0 Å². The van der Waals surface area contributed by atoms with Crippen LogP contribution in [0.5, 0.6) is 0 Å². The number of carbonyl (C=O) groups is 2. The van der Waals surface area contributed by atoms with Crippen molar-refractivity contribution in [3.63, 3.8) is 0 Å². The predicted molar refractivity (Wildman–Crippen MR) is 75.7 cm³/mol. The molecule has 3 rings (SSSR count). The second-order valence-electron chi connectivity index (χ2n) is 5.63. The van der Waals surface area contributed by atoms with Crippen LogP contribution in [0.1, 0.15) is 21.7 Å². The van der Waals surface area contributed by atoms with Crippen molar-refractivity contribution in [2.75, 3.05) is 39.8 Å². The van der Waals surface area contributed by atoms with E-state index < -0.39 is 6.03 Å². The van der Waals surface area contributed by atoms with Crippen LogP contribution in [0.3, 0.4) is 0 Å². The van der Waals surface area contributed by atoms with Gasteiger partial charge in [-0.15, -0.1) is 0 Å². The summed E-state index contributed by atoms with van der Waals surface area (Å²) in [4.78, 5) is 29.5. The molecule has 1 aromatic heterocycles. The molecule has 0 bridgehead atoms. The first-order valence-corrected chi connectivity index (χ1v) is 7.14. The summed E-state index contributed by atoms with van der Waals surface area (Å²) < 4.78 is 0. The summed E-state index contributed by atoms with van der Waals surface area (Å²) in [6, 6.07) is -0.458. The zero-order chi connectivity index (χ0) is 15.0. The summed E-state index contributed by atoms with van der Waals surface area (Å²) in [5.41, 5.74) is 7.51. The van der Waals surface area contributed by atoms with E-state index in [4.69, 9.17) is 5.73 Å². The van der Waals surface area contributed by atoms with Gasteiger partial charge in [0.2, 0.25) is 0 Å². The maximum Gasteiger partial charge on any atom is 0.315 e. The molecule has 0 unspecified atom stereocenters. The van der Waals surface area contributed by atoms with Gasteiger partial charge in [0.25, 0.3) is 5.91 Å². The Balaban J connectivity index is 1.79. The van der Waals surface area contributed by atoms with Gasteiger partial charge in [-0.1, -0.05) is 0 Å². The van der Waals surface area contributed by atoms with Gasteiger partial charge in [0.1, 0.15) is 0 Å². The van der Waals surface area contributed by atoms with E-state index >= 15 is 0 Å². The Morgan fingerprint density at radius 2 is 1.86 bits per heavy atom. The molecule has 3 heterocycles. The van der Waals surface area contributed by atoms with Crippen LogP contribution in [0.4, 0.5) is 4.79 Å². The van der Waals surface area contributed by atoms with Gasteiger partial charge in [-0.05, 0) is 7.05 Å². The van der Waals surface area contributed by atoms with Crippen molar-refractivity contribution >= 4 is 11.9 Å². The second-order valence-corrected chi connectivity index (χ2v) is 5.63. The van der Waals surface area contributed by atoms with Crippen molar-refractivity contribution in [1.29, 1.82) is 0 Å². The van der Waals surface area contributed by atoms with Crippen LogP contribution in [0.2, 0.25) is 0 Å². The number of hydrogen-bond acceptors (Lipinski definition) is 4. The lowest BCUT2D eigenvalue weighted by atomic mass is 10.0. The minimum Gasteiger partial charge on any atom is -0.351 e. The Hall–Kier alpha value is -2.09. The Morgan fingerprint density at radius 3 is 2.52 bits per heavy atom. The van der Waals surface area contributed by atoms with E-state index in [2.05, 4.69) is 15.1 Å². The first-order valence-electron chi connectivity index (χ1n) is 7.14. The van der Waals surface area contributed by atoms with Crippen molar-refractivity contribution in [1.82, 2.24) is 24.9 Å². The number of H-pyrrole nitrogens is 1. The molecule has 3 N–H and O–H groups in total. The average molecular weight is 292 g/mol. The van der Waals surface area contributed by atoms with Crippen LogP contribution in [0.25, 0.3) is 0 Å². The number of urea groups is 1. The van der Waals surface area contributed by atoms with Crippen molar-refractivity contribution in [3.8, 4) is 0 Å². The van der Waals surface area contributed by atoms with Gasteiger partial charge in [0, 0.05) is 50.4 Å². The molecule has 0 aromatic carbocycles. The normalized spacial score (nSPS) is 19.5. The van der Waals surface area contributed by atoms with E-state index in [0.29, 0.717) is 38.3 Å². The van der Waals surface area contributed by atoms with Crippen LogP contribution in [0.15, 0.2) is 0 Å². The van der Waals surface area contributed by atoms with E-state index in [1.165, 1.54) is 0 Å². The zero-order valence-corrected chi connectivity index (χ0v) is 12.1. The molecular formula is C13H20N6O2. The number of likely N-dealkylation sites (N-methyl/N-ethyl adjacent to an activating group) is 1. The number of carbonyl (C=O) groups excluding carboxylic acids is 2. The van der Waals surface area contributed by atoms with Crippen LogP contribution in [-0.2, 0) is 13.0 Å². The number of amides is 3. The van der Waals surface area contributed by atoms with Crippen molar-refractivity contribution in [3.05, 3.63) is 17.0 Å². The topological polar surface area (TPSA) is 98.6 Å². The van der Waals surface area contributed by atoms with E-state index in [0.717, 1.165) is 24.3 Å². The highest BCUT2D eigenvalue weighted by Crippen LogP contribution is 2.21.